The third-order valence-electron chi connectivity index (χ3n) is 1.61. The molecule has 78 valence electrons. The first-order valence-corrected chi connectivity index (χ1v) is 6.64. The minimum atomic E-state index is -3.93. The molecule has 0 aliphatic heterocycles. The van der Waals surface area contributed by atoms with Crippen molar-refractivity contribution in [1.29, 1.82) is 5.26 Å². The fraction of sp³-hybridized carbons (Fsp3) is 0. The van der Waals surface area contributed by atoms with Gasteiger partial charge in [-0.3, -0.25) is 4.79 Å². The molecule has 1 rings (SSSR count). The van der Waals surface area contributed by atoms with Gasteiger partial charge in [0, 0.05) is 20.7 Å². The van der Waals surface area contributed by atoms with Crippen LogP contribution in [0.1, 0.15) is 15.9 Å². The molecular formula is C8H3BrClNO3S. The van der Waals surface area contributed by atoms with E-state index >= 15 is 0 Å². The van der Waals surface area contributed by atoms with Gasteiger partial charge in [0.2, 0.25) is 0 Å². The second-order valence-electron chi connectivity index (χ2n) is 2.54. The highest BCUT2D eigenvalue weighted by Gasteiger charge is 2.17. The molecule has 0 aromatic heterocycles. The van der Waals surface area contributed by atoms with Crippen molar-refractivity contribution in [2.75, 3.05) is 0 Å². The zero-order chi connectivity index (χ0) is 11.6. The van der Waals surface area contributed by atoms with Crippen molar-refractivity contribution < 1.29 is 13.2 Å². The van der Waals surface area contributed by atoms with Crippen LogP contribution in [0.4, 0.5) is 0 Å². The number of carbonyl (C=O) groups excluding carboxylic acids is 1. The fourth-order valence-electron chi connectivity index (χ4n) is 0.950. The molecule has 0 unspecified atom stereocenters. The van der Waals surface area contributed by atoms with E-state index in [0.717, 1.165) is 6.07 Å². The van der Waals surface area contributed by atoms with E-state index in [1.807, 2.05) is 0 Å². The van der Waals surface area contributed by atoms with Crippen LogP contribution in [0.15, 0.2) is 21.5 Å². The maximum atomic E-state index is 11.1. The molecule has 0 spiro atoms. The van der Waals surface area contributed by atoms with Crippen molar-refractivity contribution in [2.45, 2.75) is 4.90 Å². The zero-order valence-corrected chi connectivity index (χ0v) is 10.2. The van der Waals surface area contributed by atoms with Gasteiger partial charge in [-0.15, -0.1) is 0 Å². The Morgan fingerprint density at radius 2 is 2.07 bits per heavy atom. The van der Waals surface area contributed by atoms with Crippen LogP contribution < -0.4 is 0 Å². The van der Waals surface area contributed by atoms with E-state index in [1.165, 1.54) is 6.07 Å². The Hall–Kier alpha value is -0.900. The van der Waals surface area contributed by atoms with E-state index in [2.05, 4.69) is 15.9 Å². The molecule has 0 atom stereocenters. The van der Waals surface area contributed by atoms with Crippen LogP contribution in [0.25, 0.3) is 0 Å². The van der Waals surface area contributed by atoms with Crippen molar-refractivity contribution in [3.63, 3.8) is 0 Å². The van der Waals surface area contributed by atoms with E-state index in [0.29, 0.717) is 6.29 Å². The van der Waals surface area contributed by atoms with Crippen LogP contribution in [0, 0.1) is 11.3 Å². The van der Waals surface area contributed by atoms with Crippen molar-refractivity contribution in [3.8, 4) is 6.07 Å². The molecule has 0 radical (unpaired) electrons. The number of benzene rings is 1. The highest BCUT2D eigenvalue weighted by molar-refractivity contribution is 9.10. The molecule has 0 fully saturated rings. The molecule has 0 N–H and O–H groups in total. The molecule has 0 saturated heterocycles. The summed E-state index contributed by atoms with van der Waals surface area (Å²) in [5, 5.41) is 8.66. The molecule has 0 aliphatic rings. The summed E-state index contributed by atoms with van der Waals surface area (Å²) in [6, 6.07) is 4.06. The van der Waals surface area contributed by atoms with Gasteiger partial charge in [-0.25, -0.2) is 8.42 Å². The number of hydrogen-bond donors (Lipinski definition) is 0. The topological polar surface area (TPSA) is 75.0 Å². The van der Waals surface area contributed by atoms with E-state index in [9.17, 15) is 13.2 Å². The lowest BCUT2D eigenvalue weighted by molar-refractivity contribution is 0.112. The molecule has 1 aromatic rings. The maximum Gasteiger partial charge on any atom is 0.262 e. The number of nitrogens with zero attached hydrogens (tertiary/aromatic N) is 1. The molecule has 0 amide bonds. The summed E-state index contributed by atoms with van der Waals surface area (Å²) in [4.78, 5) is 10.3. The van der Waals surface area contributed by atoms with Gasteiger partial charge >= 0.3 is 0 Å². The second kappa shape index (κ2) is 4.31. The summed E-state index contributed by atoms with van der Waals surface area (Å²) in [5.41, 5.74) is 0.0702. The third kappa shape index (κ3) is 2.56. The normalized spacial score (nSPS) is 10.7. The number of carbonyl (C=O) groups is 1. The monoisotopic (exact) mass is 307 g/mol. The van der Waals surface area contributed by atoms with Crippen molar-refractivity contribution in [3.05, 3.63) is 27.7 Å². The van der Waals surface area contributed by atoms with Crippen molar-refractivity contribution >= 4 is 41.9 Å². The highest BCUT2D eigenvalue weighted by Crippen LogP contribution is 2.27. The molecule has 0 heterocycles. The molecule has 15 heavy (non-hydrogen) atoms. The Balaban J connectivity index is 3.62. The standard InChI is InChI=1S/C8H3BrClNO3S/c9-7-1-5(3-11)6(4-12)2-8(7)15(10,13)14/h1-2,4H. The predicted octanol–water partition coefficient (Wildman–Crippen LogP) is 2.06. The van der Waals surface area contributed by atoms with Gasteiger partial charge in [0.15, 0.2) is 6.29 Å². The fourth-order valence-corrected chi connectivity index (χ4v) is 3.16. The van der Waals surface area contributed by atoms with E-state index in [1.54, 1.807) is 6.07 Å². The van der Waals surface area contributed by atoms with Crippen LogP contribution in [-0.2, 0) is 9.05 Å². The smallest absolute Gasteiger partial charge is 0.262 e. The summed E-state index contributed by atoms with van der Waals surface area (Å²) < 4.78 is 22.3. The molecule has 0 saturated carbocycles. The van der Waals surface area contributed by atoms with Gasteiger partial charge in [-0.05, 0) is 28.1 Å². The summed E-state index contributed by atoms with van der Waals surface area (Å²) in [7, 11) is 1.20. The Morgan fingerprint density at radius 3 is 2.47 bits per heavy atom. The lowest BCUT2D eigenvalue weighted by Crippen LogP contribution is -1.97. The van der Waals surface area contributed by atoms with Crippen LogP contribution >= 0.6 is 26.6 Å². The van der Waals surface area contributed by atoms with Crippen molar-refractivity contribution in [2.24, 2.45) is 0 Å². The van der Waals surface area contributed by atoms with E-state index in [-0.39, 0.29) is 20.5 Å². The molecule has 0 aliphatic carbocycles. The first kappa shape index (κ1) is 12.2. The van der Waals surface area contributed by atoms with Gasteiger partial charge in [0.25, 0.3) is 9.05 Å². The van der Waals surface area contributed by atoms with Crippen molar-refractivity contribution in [1.82, 2.24) is 0 Å². The second-order valence-corrected chi connectivity index (χ2v) is 5.93. The van der Waals surface area contributed by atoms with Gasteiger partial charge < -0.3 is 0 Å². The van der Waals surface area contributed by atoms with Crippen LogP contribution in [0.3, 0.4) is 0 Å². The van der Waals surface area contributed by atoms with Crippen LogP contribution in [0.5, 0.6) is 0 Å². The lowest BCUT2D eigenvalue weighted by atomic mass is 10.1. The third-order valence-corrected chi connectivity index (χ3v) is 3.89. The van der Waals surface area contributed by atoms with Gasteiger partial charge in [0.05, 0.1) is 16.5 Å². The van der Waals surface area contributed by atoms with Crippen LogP contribution in [0.2, 0.25) is 0 Å². The largest absolute Gasteiger partial charge is 0.298 e. The average Bonchev–Trinajstić information content (AvgIpc) is 2.15. The van der Waals surface area contributed by atoms with Crippen LogP contribution in [-0.4, -0.2) is 14.7 Å². The van der Waals surface area contributed by atoms with E-state index < -0.39 is 9.05 Å². The first-order chi connectivity index (χ1) is 6.90. The molecule has 1 aromatic carbocycles. The number of rotatable bonds is 2. The van der Waals surface area contributed by atoms with Gasteiger partial charge in [-0.2, -0.15) is 5.26 Å². The van der Waals surface area contributed by atoms with Gasteiger partial charge in [-0.1, -0.05) is 0 Å². The summed E-state index contributed by atoms with van der Waals surface area (Å²) in [6.45, 7) is 0. The molecule has 0 bridgehead atoms. The lowest BCUT2D eigenvalue weighted by Gasteiger charge is -2.02. The quantitative estimate of drug-likeness (QED) is 0.619. The summed E-state index contributed by atoms with van der Waals surface area (Å²) in [6.07, 6.45) is 0.399. The predicted molar refractivity (Wildman–Crippen MR) is 57.3 cm³/mol. The number of halogens is 2. The molecular weight excluding hydrogens is 306 g/mol. The minimum absolute atomic E-state index is 0.0140. The number of nitriles is 1. The number of aldehydes is 1. The Morgan fingerprint density at radius 1 is 1.47 bits per heavy atom. The van der Waals surface area contributed by atoms with E-state index in [4.69, 9.17) is 15.9 Å². The average molecular weight is 309 g/mol. The number of hydrogen-bond acceptors (Lipinski definition) is 4. The minimum Gasteiger partial charge on any atom is -0.298 e. The summed E-state index contributed by atoms with van der Waals surface area (Å²) in [5.74, 6) is 0. The van der Waals surface area contributed by atoms with Gasteiger partial charge in [0.1, 0.15) is 0 Å². The maximum absolute atomic E-state index is 11.1. The summed E-state index contributed by atoms with van der Waals surface area (Å²) >= 11 is 2.96. The molecule has 7 heteroatoms. The SMILES string of the molecule is N#Cc1cc(Br)c(S(=O)(=O)Cl)cc1C=O. The highest BCUT2D eigenvalue weighted by atomic mass is 79.9. The Labute approximate surface area is 99.0 Å². The zero-order valence-electron chi connectivity index (χ0n) is 7.07. The molecule has 4 nitrogen and oxygen atoms in total. The first-order valence-electron chi connectivity index (χ1n) is 3.53. The Kier molecular flexibility index (Phi) is 3.50. The Bertz CT molecular complexity index is 562.